The van der Waals surface area contributed by atoms with E-state index in [2.05, 4.69) is 114 Å². The van der Waals surface area contributed by atoms with E-state index in [1.165, 1.54) is 21.5 Å². The maximum atomic E-state index is 6.06. The van der Waals surface area contributed by atoms with Crippen molar-refractivity contribution in [1.29, 1.82) is 0 Å². The fourth-order valence-electron chi connectivity index (χ4n) is 3.81. The Morgan fingerprint density at radius 3 is 2.00 bits per heavy atom. The molecule has 3 aromatic carbocycles. The van der Waals surface area contributed by atoms with E-state index in [9.17, 15) is 0 Å². The summed E-state index contributed by atoms with van der Waals surface area (Å²) in [6.07, 6.45) is 9.87. The van der Waals surface area contributed by atoms with Crippen molar-refractivity contribution in [3.8, 4) is 0 Å². The number of nitrogens with zero attached hydrogens (tertiary/aromatic N) is 1. The van der Waals surface area contributed by atoms with Crippen molar-refractivity contribution in [2.24, 2.45) is 0 Å². The third-order valence-electron chi connectivity index (χ3n) is 5.36. The molecular formula is C31H20FeNOP. The molecule has 3 aliphatic rings. The minimum Gasteiger partial charge on any atom is -0.620 e. The van der Waals surface area contributed by atoms with E-state index >= 15 is 0 Å². The number of ether oxygens (including phenoxy) is 1. The Morgan fingerprint density at radius 2 is 1.46 bits per heavy atom. The molecule has 0 N–H and O–H groups in total. The Kier molecular flexibility index (Phi) is 8.95. The summed E-state index contributed by atoms with van der Waals surface area (Å²) < 4.78 is 6.06. The number of benzene rings is 3. The van der Waals surface area contributed by atoms with Gasteiger partial charge in [-0.3, -0.25) is 11.5 Å². The van der Waals surface area contributed by atoms with Crippen molar-refractivity contribution >= 4 is 18.5 Å². The van der Waals surface area contributed by atoms with Gasteiger partial charge < -0.3 is 10.1 Å². The van der Waals surface area contributed by atoms with Crippen molar-refractivity contribution in [2.75, 3.05) is 6.61 Å². The Balaban J connectivity index is 0.000000431. The van der Waals surface area contributed by atoms with Crippen molar-refractivity contribution < 1.29 is 21.8 Å². The predicted molar refractivity (Wildman–Crippen MR) is 138 cm³/mol. The van der Waals surface area contributed by atoms with Crippen molar-refractivity contribution in [1.82, 2.24) is 0 Å². The summed E-state index contributed by atoms with van der Waals surface area (Å²) in [6, 6.07) is 31.8. The molecule has 2 aliphatic carbocycles. The van der Waals surface area contributed by atoms with Crippen LogP contribution in [0.1, 0.15) is 11.6 Å². The zero-order valence-corrected chi connectivity index (χ0v) is 20.8. The Labute approximate surface area is 218 Å². The Hall–Kier alpha value is -3.13. The van der Waals surface area contributed by atoms with Crippen molar-refractivity contribution in [2.45, 2.75) is 6.04 Å². The molecule has 1 aliphatic heterocycles. The van der Waals surface area contributed by atoms with Crippen LogP contribution in [-0.2, 0) is 21.8 Å². The van der Waals surface area contributed by atoms with Crippen LogP contribution in [0.3, 0.4) is 0 Å². The molecule has 0 spiro atoms. The smallest absolute Gasteiger partial charge is 0.620 e. The van der Waals surface area contributed by atoms with Crippen molar-refractivity contribution in [3.63, 3.8) is 0 Å². The third-order valence-corrected chi connectivity index (χ3v) is 7.84. The molecule has 0 bridgehead atoms. The molecule has 6 rings (SSSR count). The molecule has 0 unspecified atom stereocenters. The van der Waals surface area contributed by atoms with Crippen LogP contribution in [0, 0.1) is 18.4 Å². The van der Waals surface area contributed by atoms with E-state index in [-0.39, 0.29) is 23.1 Å². The third kappa shape index (κ3) is 6.11. The molecule has 0 saturated carbocycles. The summed E-state index contributed by atoms with van der Waals surface area (Å²) in [5, 5.41) is 8.77. The summed E-state index contributed by atoms with van der Waals surface area (Å²) in [6.45, 7) is 0.576. The molecule has 0 amide bonds. The van der Waals surface area contributed by atoms with Gasteiger partial charge in [-0.2, -0.15) is 0 Å². The molecule has 2 radical (unpaired) electrons. The fraction of sp³-hybridized carbons (Fsp3) is 0.0645. The van der Waals surface area contributed by atoms with Gasteiger partial charge in [0.05, 0.1) is 0 Å². The van der Waals surface area contributed by atoms with E-state index in [0.29, 0.717) is 12.8 Å². The van der Waals surface area contributed by atoms with Gasteiger partial charge in [-0.25, -0.2) is 5.73 Å². The van der Waals surface area contributed by atoms with Gasteiger partial charge in [0, 0.05) is 18.4 Å². The van der Waals surface area contributed by atoms with E-state index < -0.39 is 7.92 Å². The van der Waals surface area contributed by atoms with Gasteiger partial charge in [-0.15, -0.1) is 17.9 Å². The monoisotopic (exact) mass is 509 g/mol. The average molecular weight is 509 g/mol. The first-order valence-corrected chi connectivity index (χ1v) is 12.3. The van der Waals surface area contributed by atoms with Gasteiger partial charge in [0.25, 0.3) is 0 Å². The van der Waals surface area contributed by atoms with Crippen LogP contribution in [0.25, 0.3) is 5.32 Å². The second kappa shape index (κ2) is 12.5. The Bertz CT molecular complexity index is 1320. The molecule has 2 nitrogen and oxygen atoms in total. The SMILES string of the molecule is C1=CC=C(P(c2ccccc2)c2ccccc2)C=1[C]1[N-][C@H](c2ccccc2)CO1.[C]1=C=C=C=[C-]1.[Fe+2]. The molecule has 0 aromatic heterocycles. The molecule has 35 heavy (non-hydrogen) atoms. The number of rotatable bonds is 5. The molecule has 3 aromatic rings. The van der Waals surface area contributed by atoms with Gasteiger partial charge in [-0.1, -0.05) is 103 Å². The van der Waals surface area contributed by atoms with Crippen LogP contribution in [0.2, 0.25) is 0 Å². The number of hydrogen-bond donors (Lipinski definition) is 0. The Morgan fingerprint density at radius 1 is 0.829 bits per heavy atom. The molecule has 1 saturated heterocycles. The summed E-state index contributed by atoms with van der Waals surface area (Å²) >= 11 is 0. The largest absolute Gasteiger partial charge is 2.00 e. The maximum Gasteiger partial charge on any atom is 2.00 e. The fourth-order valence-corrected chi connectivity index (χ4v) is 6.22. The van der Waals surface area contributed by atoms with E-state index in [4.69, 9.17) is 10.1 Å². The van der Waals surface area contributed by atoms with Crippen LogP contribution >= 0.6 is 7.92 Å². The van der Waals surface area contributed by atoms with E-state index in [0.717, 1.165) is 5.57 Å². The van der Waals surface area contributed by atoms with Crippen LogP contribution in [0.5, 0.6) is 0 Å². The second-order valence-electron chi connectivity index (χ2n) is 7.54. The van der Waals surface area contributed by atoms with Crippen molar-refractivity contribution in [3.05, 3.63) is 166 Å². The zero-order chi connectivity index (χ0) is 23.0. The molecule has 1 fully saturated rings. The van der Waals surface area contributed by atoms with E-state index in [1.54, 1.807) is 0 Å². The summed E-state index contributed by atoms with van der Waals surface area (Å²) in [5.41, 5.74) is 13.1. The standard InChI is InChI=1S/C26H20NOP.C5.Fe/c1-4-11-20(12-5-1)24-19-28-26(27-24)23-17-10-18-25(23)29(21-13-6-2-7-14-21)22-15-8-3-9-16-22;1-2-4-5-3-1;/h1-16,18,24H,19H2;;/q2*-1;+2/t24-;;/m0../s1. The van der Waals surface area contributed by atoms with Crippen LogP contribution in [0.4, 0.5) is 0 Å². The summed E-state index contributed by atoms with van der Waals surface area (Å²) in [7, 11) is -0.706. The molecule has 1 heterocycles. The topological polar surface area (TPSA) is 23.3 Å². The minimum absolute atomic E-state index is 0. The van der Waals surface area contributed by atoms with Gasteiger partial charge in [-0.05, 0) is 36.0 Å². The van der Waals surface area contributed by atoms with Crippen LogP contribution in [0.15, 0.2) is 137 Å². The predicted octanol–water partition coefficient (Wildman–Crippen LogP) is 6.36. The summed E-state index contributed by atoms with van der Waals surface area (Å²) in [4.78, 5) is 0. The van der Waals surface area contributed by atoms with Gasteiger partial charge in [0.2, 0.25) is 0 Å². The quantitative estimate of drug-likeness (QED) is 0.170. The number of hydrogen-bond acceptors (Lipinski definition) is 1. The average Bonchev–Trinajstić information content (AvgIpc) is 3.70. The zero-order valence-electron chi connectivity index (χ0n) is 18.8. The molecular weight excluding hydrogens is 489 g/mol. The van der Waals surface area contributed by atoms with Crippen LogP contribution < -0.4 is 10.6 Å². The van der Waals surface area contributed by atoms with E-state index in [1.807, 2.05) is 24.3 Å². The second-order valence-corrected chi connectivity index (χ2v) is 9.73. The number of allylic oxidation sites excluding steroid dienone is 3. The summed E-state index contributed by atoms with van der Waals surface area (Å²) in [5.74, 6) is 0. The van der Waals surface area contributed by atoms with Gasteiger partial charge >= 0.3 is 17.1 Å². The molecule has 4 heteroatoms. The van der Waals surface area contributed by atoms with Crippen LogP contribution in [-0.4, -0.2) is 6.61 Å². The first kappa shape index (κ1) is 25.0. The first-order chi connectivity index (χ1) is 16.9. The minimum atomic E-state index is -0.706. The van der Waals surface area contributed by atoms with Gasteiger partial charge in [0.15, 0.2) is 0 Å². The molecule has 168 valence electrons. The normalized spacial score (nSPS) is 17.2. The van der Waals surface area contributed by atoms with Gasteiger partial charge in [0.1, 0.15) is 0 Å². The molecule has 1 atom stereocenters. The maximum absolute atomic E-state index is 6.06. The first-order valence-electron chi connectivity index (χ1n) is 11.0.